The first-order chi connectivity index (χ1) is 10.2. The van der Waals surface area contributed by atoms with Crippen LogP contribution in [0, 0.1) is 0 Å². The minimum absolute atomic E-state index is 0.0572. The molecule has 0 saturated carbocycles. The average Bonchev–Trinajstić information content (AvgIpc) is 2.51. The molecule has 0 N–H and O–H groups in total. The third-order valence-electron chi connectivity index (χ3n) is 5.21. The molecular weight excluding hydrogens is 252 g/mol. The van der Waals surface area contributed by atoms with Crippen LogP contribution in [-0.4, -0.2) is 0 Å². The minimum Gasteiger partial charge on any atom is -0.0613 e. The van der Waals surface area contributed by atoms with Gasteiger partial charge in [0.25, 0.3) is 0 Å². The lowest BCUT2D eigenvalue weighted by Gasteiger charge is -2.33. The fourth-order valence-electron chi connectivity index (χ4n) is 4.16. The minimum atomic E-state index is 0.0572. The molecule has 4 aromatic rings. The molecule has 1 aliphatic rings. The average molecular weight is 268 g/mol. The predicted octanol–water partition coefficient (Wildman–Crippen LogP) is 5.79. The third-order valence-corrected chi connectivity index (χ3v) is 5.21. The van der Waals surface area contributed by atoms with Crippen LogP contribution in [0.4, 0.5) is 0 Å². The Balaban J connectivity index is 2.27. The summed E-state index contributed by atoms with van der Waals surface area (Å²) in [4.78, 5) is 0. The molecule has 0 aromatic heterocycles. The van der Waals surface area contributed by atoms with Gasteiger partial charge in [0.1, 0.15) is 0 Å². The highest BCUT2D eigenvalue weighted by Crippen LogP contribution is 2.48. The molecule has 0 aliphatic heterocycles. The molecular formula is C21H16. The van der Waals surface area contributed by atoms with Gasteiger partial charge in [0, 0.05) is 5.41 Å². The van der Waals surface area contributed by atoms with E-state index in [1.807, 2.05) is 0 Å². The van der Waals surface area contributed by atoms with Crippen molar-refractivity contribution in [1.29, 1.82) is 0 Å². The Labute approximate surface area is 124 Å². The molecule has 21 heavy (non-hydrogen) atoms. The first-order valence-corrected chi connectivity index (χ1v) is 7.56. The Bertz CT molecular complexity index is 971. The summed E-state index contributed by atoms with van der Waals surface area (Å²) in [5, 5.41) is 8.40. The molecule has 0 unspecified atom stereocenters. The number of hydrogen-bond acceptors (Lipinski definition) is 0. The fraction of sp³-hybridized carbons (Fsp3) is 0.143. The zero-order valence-corrected chi connectivity index (χ0v) is 12.3. The molecule has 0 saturated heterocycles. The van der Waals surface area contributed by atoms with Crippen molar-refractivity contribution in [2.24, 2.45) is 0 Å². The number of hydrogen-bond donors (Lipinski definition) is 0. The van der Waals surface area contributed by atoms with E-state index in [2.05, 4.69) is 74.5 Å². The van der Waals surface area contributed by atoms with Crippen LogP contribution in [0.1, 0.15) is 25.0 Å². The highest BCUT2D eigenvalue weighted by Gasteiger charge is 2.31. The largest absolute Gasteiger partial charge is 0.0613 e. The Hall–Kier alpha value is -2.34. The Morgan fingerprint density at radius 3 is 1.43 bits per heavy atom. The van der Waals surface area contributed by atoms with Gasteiger partial charge in [-0.1, -0.05) is 74.5 Å². The predicted molar refractivity (Wildman–Crippen MR) is 91.1 cm³/mol. The van der Waals surface area contributed by atoms with Gasteiger partial charge < -0.3 is 0 Å². The lowest BCUT2D eigenvalue weighted by Crippen LogP contribution is -2.22. The highest BCUT2D eigenvalue weighted by molar-refractivity contribution is 6.24. The molecule has 5 rings (SSSR count). The van der Waals surface area contributed by atoms with Crippen LogP contribution in [0.25, 0.3) is 32.3 Å². The molecule has 4 aromatic carbocycles. The van der Waals surface area contributed by atoms with Crippen molar-refractivity contribution in [1.82, 2.24) is 0 Å². The van der Waals surface area contributed by atoms with Gasteiger partial charge in [0.15, 0.2) is 0 Å². The monoisotopic (exact) mass is 268 g/mol. The van der Waals surface area contributed by atoms with Crippen molar-refractivity contribution in [2.75, 3.05) is 0 Å². The van der Waals surface area contributed by atoms with Gasteiger partial charge in [0.05, 0.1) is 0 Å². The molecule has 0 bridgehead atoms. The van der Waals surface area contributed by atoms with Gasteiger partial charge >= 0.3 is 0 Å². The van der Waals surface area contributed by atoms with Gasteiger partial charge in [-0.05, 0) is 43.4 Å². The number of benzene rings is 4. The lowest BCUT2D eigenvalue weighted by atomic mass is 9.69. The maximum atomic E-state index is 2.35. The topological polar surface area (TPSA) is 0 Å². The van der Waals surface area contributed by atoms with E-state index in [4.69, 9.17) is 0 Å². The van der Waals surface area contributed by atoms with Crippen LogP contribution < -0.4 is 0 Å². The molecule has 0 radical (unpaired) electrons. The third kappa shape index (κ3) is 1.22. The molecule has 0 heteroatoms. The first kappa shape index (κ1) is 11.3. The van der Waals surface area contributed by atoms with Crippen LogP contribution in [-0.2, 0) is 5.41 Å². The summed E-state index contributed by atoms with van der Waals surface area (Å²) in [7, 11) is 0. The Morgan fingerprint density at radius 1 is 0.524 bits per heavy atom. The van der Waals surface area contributed by atoms with E-state index < -0.39 is 0 Å². The van der Waals surface area contributed by atoms with Crippen molar-refractivity contribution in [3.63, 3.8) is 0 Å². The zero-order valence-electron chi connectivity index (χ0n) is 12.3. The molecule has 1 aliphatic carbocycles. The van der Waals surface area contributed by atoms with Crippen LogP contribution in [0.15, 0.2) is 60.7 Å². The molecule has 100 valence electrons. The van der Waals surface area contributed by atoms with E-state index in [1.54, 1.807) is 0 Å². The van der Waals surface area contributed by atoms with Gasteiger partial charge in [-0.15, -0.1) is 0 Å². The standard InChI is InChI=1S/C21H16/c1-21(2)16-7-3-5-13-9-11-15-12-10-14-6-4-8-17(21)19(14)20(15)18(13)16/h3-12H,1-2H3. The van der Waals surface area contributed by atoms with Crippen molar-refractivity contribution in [3.8, 4) is 0 Å². The molecule has 0 heterocycles. The van der Waals surface area contributed by atoms with Gasteiger partial charge in [-0.2, -0.15) is 0 Å². The molecule has 0 amide bonds. The molecule has 0 atom stereocenters. The maximum Gasteiger partial charge on any atom is 0.0159 e. The first-order valence-electron chi connectivity index (χ1n) is 7.56. The summed E-state index contributed by atoms with van der Waals surface area (Å²) in [6.45, 7) is 4.70. The van der Waals surface area contributed by atoms with E-state index in [-0.39, 0.29) is 5.41 Å². The zero-order chi connectivity index (χ0) is 14.2. The summed E-state index contributed by atoms with van der Waals surface area (Å²) in [5.74, 6) is 0. The van der Waals surface area contributed by atoms with Crippen molar-refractivity contribution >= 4 is 32.3 Å². The van der Waals surface area contributed by atoms with E-state index in [0.29, 0.717) is 0 Å². The van der Waals surface area contributed by atoms with E-state index in [0.717, 1.165) is 0 Å². The van der Waals surface area contributed by atoms with E-state index >= 15 is 0 Å². The second-order valence-corrected chi connectivity index (χ2v) is 6.66. The van der Waals surface area contributed by atoms with Crippen LogP contribution >= 0.6 is 0 Å². The lowest BCUT2D eigenvalue weighted by molar-refractivity contribution is 0.652. The van der Waals surface area contributed by atoms with Gasteiger partial charge in [-0.3, -0.25) is 0 Å². The van der Waals surface area contributed by atoms with Crippen LogP contribution in [0.5, 0.6) is 0 Å². The van der Waals surface area contributed by atoms with E-state index in [9.17, 15) is 0 Å². The van der Waals surface area contributed by atoms with Gasteiger partial charge in [0.2, 0.25) is 0 Å². The van der Waals surface area contributed by atoms with Crippen molar-refractivity contribution in [2.45, 2.75) is 19.3 Å². The summed E-state index contributed by atoms with van der Waals surface area (Å²) < 4.78 is 0. The van der Waals surface area contributed by atoms with Crippen molar-refractivity contribution < 1.29 is 0 Å². The van der Waals surface area contributed by atoms with Crippen molar-refractivity contribution in [3.05, 3.63) is 71.8 Å². The SMILES string of the molecule is CC1(C)c2cccc3ccc4ccc5cccc1c5c4c23. The molecule has 0 fully saturated rings. The van der Waals surface area contributed by atoms with Crippen LogP contribution in [0.3, 0.4) is 0 Å². The summed E-state index contributed by atoms with van der Waals surface area (Å²) in [6.07, 6.45) is 0. The highest BCUT2D eigenvalue weighted by atomic mass is 14.3. The van der Waals surface area contributed by atoms with E-state index in [1.165, 1.54) is 43.4 Å². The van der Waals surface area contributed by atoms with Gasteiger partial charge in [-0.25, -0.2) is 0 Å². The normalized spacial score (nSPS) is 15.5. The molecule has 0 spiro atoms. The quantitative estimate of drug-likeness (QED) is 0.354. The maximum absolute atomic E-state index is 2.35. The summed E-state index contributed by atoms with van der Waals surface area (Å²) in [6, 6.07) is 22.5. The Morgan fingerprint density at radius 2 is 0.952 bits per heavy atom. The fourth-order valence-corrected chi connectivity index (χ4v) is 4.16. The molecule has 0 nitrogen and oxygen atoms in total. The smallest absolute Gasteiger partial charge is 0.0159 e. The second-order valence-electron chi connectivity index (χ2n) is 6.66. The summed E-state index contributed by atoms with van der Waals surface area (Å²) in [5.41, 5.74) is 2.97. The Kier molecular flexibility index (Phi) is 1.87. The number of rotatable bonds is 0. The summed E-state index contributed by atoms with van der Waals surface area (Å²) >= 11 is 0. The van der Waals surface area contributed by atoms with Crippen LogP contribution in [0.2, 0.25) is 0 Å². The second kappa shape index (κ2) is 3.46.